The Bertz CT molecular complexity index is 369. The third-order valence-electron chi connectivity index (χ3n) is 2.00. The molecule has 1 atom stereocenters. The third-order valence-corrected chi connectivity index (χ3v) is 2.00. The number of urea groups is 1. The number of hydrogen-bond donors (Lipinski definition) is 3. The van der Waals surface area contributed by atoms with Crippen molar-refractivity contribution >= 4 is 23.9 Å². The molecule has 0 aromatic carbocycles. The number of rotatable bonds is 2. The summed E-state index contributed by atoms with van der Waals surface area (Å²) in [5.74, 6) is 2.32. The number of carbonyl (C=O) groups is 4. The van der Waals surface area contributed by atoms with Gasteiger partial charge in [0.15, 0.2) is 0 Å². The molecule has 1 saturated heterocycles. The number of imide groups is 2. The summed E-state index contributed by atoms with van der Waals surface area (Å²) in [6.45, 7) is 1.37. The zero-order valence-corrected chi connectivity index (χ0v) is 9.06. The molecule has 1 rings (SSSR count). The van der Waals surface area contributed by atoms with Gasteiger partial charge in [0.05, 0.1) is 13.2 Å². The van der Waals surface area contributed by atoms with Gasteiger partial charge in [-0.05, 0) is 6.92 Å². The Morgan fingerprint density at radius 2 is 2.24 bits per heavy atom. The molecule has 0 aliphatic carbocycles. The van der Waals surface area contributed by atoms with Crippen LogP contribution in [0.15, 0.2) is 0 Å². The zero-order chi connectivity index (χ0) is 13.0. The average molecular weight is 244 g/mol. The smallest absolute Gasteiger partial charge is 0.413 e. The average Bonchev–Trinajstić information content (AvgIpc) is 2.23. The topological polar surface area (TPSA) is 131 Å². The van der Waals surface area contributed by atoms with Crippen LogP contribution in [-0.4, -0.2) is 42.1 Å². The molecule has 94 valence electrons. The van der Waals surface area contributed by atoms with Crippen LogP contribution in [0, 0.1) is 5.92 Å². The molecular formula is C8H12N4O5. The Kier molecular flexibility index (Phi) is 3.99. The number of hydrogen-bond acceptors (Lipinski definition) is 6. The SMILES string of the molecule is CCOC(=O)NC(=O)C1CN(N)C(=O)NC1=O. The van der Waals surface area contributed by atoms with Gasteiger partial charge in [0, 0.05) is 0 Å². The Labute approximate surface area is 96.2 Å². The van der Waals surface area contributed by atoms with E-state index >= 15 is 0 Å². The molecule has 0 aromatic heterocycles. The van der Waals surface area contributed by atoms with Crippen LogP contribution >= 0.6 is 0 Å². The van der Waals surface area contributed by atoms with Gasteiger partial charge in [0.1, 0.15) is 5.92 Å². The standard InChI is InChI=1S/C8H12N4O5/c1-2-17-8(16)11-6(14)4-3-12(9)7(15)10-5(4)13/h4H,2-3,9H2,1H3,(H,10,13,15)(H,11,14,16). The fraction of sp³-hybridized carbons (Fsp3) is 0.500. The summed E-state index contributed by atoms with van der Waals surface area (Å²) < 4.78 is 4.47. The van der Waals surface area contributed by atoms with E-state index in [-0.39, 0.29) is 13.2 Å². The molecule has 1 aliphatic heterocycles. The highest BCUT2D eigenvalue weighted by atomic mass is 16.5. The van der Waals surface area contributed by atoms with Gasteiger partial charge in [0.2, 0.25) is 11.8 Å². The number of carbonyl (C=O) groups excluding carboxylic acids is 4. The number of alkyl carbamates (subject to hydrolysis) is 1. The van der Waals surface area contributed by atoms with Crippen LogP contribution in [0.1, 0.15) is 6.92 Å². The van der Waals surface area contributed by atoms with E-state index in [9.17, 15) is 19.2 Å². The normalized spacial score (nSPS) is 19.6. The van der Waals surface area contributed by atoms with Gasteiger partial charge in [-0.1, -0.05) is 0 Å². The lowest BCUT2D eigenvalue weighted by Crippen LogP contribution is -2.60. The third kappa shape index (κ3) is 3.14. The molecule has 1 fully saturated rings. The van der Waals surface area contributed by atoms with Gasteiger partial charge in [-0.3, -0.25) is 25.2 Å². The molecule has 0 spiro atoms. The maximum absolute atomic E-state index is 11.5. The number of nitrogens with two attached hydrogens (primary N) is 1. The predicted molar refractivity (Wildman–Crippen MR) is 53.1 cm³/mol. The van der Waals surface area contributed by atoms with Crippen molar-refractivity contribution in [1.29, 1.82) is 0 Å². The minimum absolute atomic E-state index is 0.0947. The van der Waals surface area contributed by atoms with E-state index in [1.165, 1.54) is 0 Å². The van der Waals surface area contributed by atoms with Crippen molar-refractivity contribution in [1.82, 2.24) is 15.6 Å². The summed E-state index contributed by atoms with van der Waals surface area (Å²) in [5, 5.41) is 4.41. The molecule has 0 saturated carbocycles. The van der Waals surface area contributed by atoms with Gasteiger partial charge in [-0.2, -0.15) is 0 Å². The first-order valence-electron chi connectivity index (χ1n) is 4.80. The first-order valence-corrected chi connectivity index (χ1v) is 4.80. The highest BCUT2D eigenvalue weighted by molar-refractivity contribution is 6.11. The van der Waals surface area contributed by atoms with Crippen LogP contribution in [-0.2, 0) is 14.3 Å². The van der Waals surface area contributed by atoms with Gasteiger partial charge in [-0.15, -0.1) is 0 Å². The lowest BCUT2D eigenvalue weighted by atomic mass is 10.1. The molecule has 0 aromatic rings. The van der Waals surface area contributed by atoms with Crippen LogP contribution in [0.2, 0.25) is 0 Å². The Morgan fingerprint density at radius 1 is 1.59 bits per heavy atom. The Hall–Kier alpha value is -2.16. The second-order valence-corrected chi connectivity index (χ2v) is 3.21. The minimum atomic E-state index is -1.23. The molecule has 17 heavy (non-hydrogen) atoms. The van der Waals surface area contributed by atoms with E-state index in [2.05, 4.69) is 4.74 Å². The predicted octanol–water partition coefficient (Wildman–Crippen LogP) is -1.70. The summed E-state index contributed by atoms with van der Waals surface area (Å²) in [5.41, 5.74) is 0. The van der Waals surface area contributed by atoms with Crippen molar-refractivity contribution in [3.05, 3.63) is 0 Å². The summed E-state index contributed by atoms with van der Waals surface area (Å²) in [7, 11) is 0. The number of amides is 5. The van der Waals surface area contributed by atoms with Crippen LogP contribution in [0.25, 0.3) is 0 Å². The molecule has 1 unspecified atom stereocenters. The van der Waals surface area contributed by atoms with Crippen molar-refractivity contribution in [2.45, 2.75) is 6.92 Å². The molecule has 5 amide bonds. The summed E-state index contributed by atoms with van der Waals surface area (Å²) in [4.78, 5) is 44.7. The zero-order valence-electron chi connectivity index (χ0n) is 9.06. The van der Waals surface area contributed by atoms with Crippen LogP contribution < -0.4 is 16.5 Å². The quantitative estimate of drug-likeness (QED) is 0.301. The molecular weight excluding hydrogens is 232 g/mol. The molecule has 9 nitrogen and oxygen atoms in total. The lowest BCUT2D eigenvalue weighted by molar-refractivity contribution is -0.136. The van der Waals surface area contributed by atoms with E-state index in [0.717, 1.165) is 0 Å². The molecule has 1 aliphatic rings. The van der Waals surface area contributed by atoms with E-state index in [4.69, 9.17) is 5.84 Å². The van der Waals surface area contributed by atoms with E-state index in [1.54, 1.807) is 6.92 Å². The van der Waals surface area contributed by atoms with Gasteiger partial charge in [0.25, 0.3) is 0 Å². The molecule has 0 radical (unpaired) electrons. The monoisotopic (exact) mass is 244 g/mol. The number of ether oxygens (including phenoxy) is 1. The summed E-state index contributed by atoms with van der Waals surface area (Å²) >= 11 is 0. The maximum Gasteiger partial charge on any atom is 0.413 e. The lowest BCUT2D eigenvalue weighted by Gasteiger charge is -2.27. The number of nitrogens with one attached hydrogen (secondary N) is 2. The molecule has 4 N–H and O–H groups in total. The van der Waals surface area contributed by atoms with E-state index < -0.39 is 29.9 Å². The fourth-order valence-electron chi connectivity index (χ4n) is 1.18. The number of hydrazine groups is 1. The van der Waals surface area contributed by atoms with Gasteiger partial charge < -0.3 is 4.74 Å². The number of nitrogens with zero attached hydrogens (tertiary/aromatic N) is 1. The molecule has 1 heterocycles. The second kappa shape index (κ2) is 5.25. The first-order chi connectivity index (χ1) is 7.95. The first kappa shape index (κ1) is 12.9. The van der Waals surface area contributed by atoms with Gasteiger partial charge in [-0.25, -0.2) is 15.4 Å². The van der Waals surface area contributed by atoms with Crippen molar-refractivity contribution < 1.29 is 23.9 Å². The Morgan fingerprint density at radius 3 is 2.82 bits per heavy atom. The van der Waals surface area contributed by atoms with Gasteiger partial charge >= 0.3 is 12.1 Å². The van der Waals surface area contributed by atoms with Crippen LogP contribution in [0.4, 0.5) is 9.59 Å². The minimum Gasteiger partial charge on any atom is -0.450 e. The van der Waals surface area contributed by atoms with E-state index in [1.807, 2.05) is 10.6 Å². The van der Waals surface area contributed by atoms with Crippen molar-refractivity contribution in [3.8, 4) is 0 Å². The fourth-order valence-corrected chi connectivity index (χ4v) is 1.18. The summed E-state index contributed by atoms with van der Waals surface area (Å²) in [6.07, 6.45) is -0.953. The largest absolute Gasteiger partial charge is 0.450 e. The second-order valence-electron chi connectivity index (χ2n) is 3.21. The van der Waals surface area contributed by atoms with Crippen molar-refractivity contribution in [2.75, 3.05) is 13.2 Å². The maximum atomic E-state index is 11.5. The van der Waals surface area contributed by atoms with Crippen molar-refractivity contribution in [2.24, 2.45) is 11.8 Å². The van der Waals surface area contributed by atoms with Crippen LogP contribution in [0.3, 0.4) is 0 Å². The van der Waals surface area contributed by atoms with Crippen molar-refractivity contribution in [3.63, 3.8) is 0 Å². The molecule has 9 heteroatoms. The summed E-state index contributed by atoms with van der Waals surface area (Å²) in [6, 6.07) is -0.796. The van der Waals surface area contributed by atoms with E-state index in [0.29, 0.717) is 5.01 Å². The van der Waals surface area contributed by atoms with Crippen LogP contribution in [0.5, 0.6) is 0 Å². The Balaban J connectivity index is 2.60. The highest BCUT2D eigenvalue weighted by Gasteiger charge is 2.36. The highest BCUT2D eigenvalue weighted by Crippen LogP contribution is 2.05. The molecule has 0 bridgehead atoms.